The molecule has 3 nitrogen and oxygen atoms in total. The molecular formula is C10H19NO2. The van der Waals surface area contributed by atoms with Gasteiger partial charge in [-0.25, -0.2) is 0 Å². The number of hydrogen-bond acceptors (Lipinski definition) is 3. The van der Waals surface area contributed by atoms with E-state index in [0.29, 0.717) is 25.2 Å². The molecule has 0 aliphatic carbocycles. The first-order valence-electron chi connectivity index (χ1n) is 4.59. The number of carbonyl (C=O) groups is 1. The van der Waals surface area contributed by atoms with Crippen molar-refractivity contribution in [3.63, 3.8) is 0 Å². The van der Waals surface area contributed by atoms with Crippen LogP contribution in [0, 0.1) is 0 Å². The third-order valence-corrected chi connectivity index (χ3v) is 1.66. The summed E-state index contributed by atoms with van der Waals surface area (Å²) in [6.07, 6.45) is 1.44. The van der Waals surface area contributed by atoms with Crippen molar-refractivity contribution < 1.29 is 9.53 Å². The second-order valence-electron chi connectivity index (χ2n) is 3.02. The van der Waals surface area contributed by atoms with Gasteiger partial charge in [-0.3, -0.25) is 4.79 Å². The van der Waals surface area contributed by atoms with Gasteiger partial charge in [-0.2, -0.15) is 0 Å². The second-order valence-corrected chi connectivity index (χ2v) is 3.02. The highest BCUT2D eigenvalue weighted by atomic mass is 16.5. The van der Waals surface area contributed by atoms with Gasteiger partial charge in [0.15, 0.2) is 5.78 Å². The zero-order valence-electron chi connectivity index (χ0n) is 8.56. The van der Waals surface area contributed by atoms with Crippen molar-refractivity contribution in [2.75, 3.05) is 26.8 Å². The maximum atomic E-state index is 11.0. The van der Waals surface area contributed by atoms with Crippen LogP contribution in [0.1, 0.15) is 19.8 Å². The second kappa shape index (κ2) is 7.95. The van der Waals surface area contributed by atoms with Gasteiger partial charge in [0, 0.05) is 13.0 Å². The van der Waals surface area contributed by atoms with Crippen molar-refractivity contribution in [1.82, 2.24) is 5.32 Å². The average molecular weight is 185 g/mol. The van der Waals surface area contributed by atoms with Crippen LogP contribution in [-0.4, -0.2) is 32.6 Å². The zero-order valence-corrected chi connectivity index (χ0v) is 8.56. The Morgan fingerprint density at radius 1 is 1.46 bits per heavy atom. The van der Waals surface area contributed by atoms with E-state index in [9.17, 15) is 4.79 Å². The van der Waals surface area contributed by atoms with E-state index in [1.165, 1.54) is 0 Å². The zero-order chi connectivity index (χ0) is 10.1. The van der Waals surface area contributed by atoms with Crippen LogP contribution in [0.5, 0.6) is 0 Å². The number of hydrogen-bond donors (Lipinski definition) is 1. The van der Waals surface area contributed by atoms with Crippen LogP contribution in [0.3, 0.4) is 0 Å². The van der Waals surface area contributed by atoms with E-state index >= 15 is 0 Å². The minimum absolute atomic E-state index is 0.0913. The molecule has 0 aliphatic rings. The van der Waals surface area contributed by atoms with Crippen LogP contribution in [0.4, 0.5) is 0 Å². The minimum Gasteiger partial charge on any atom is -0.381 e. The molecule has 0 unspecified atom stereocenters. The Labute approximate surface area is 80.2 Å². The fourth-order valence-electron chi connectivity index (χ4n) is 0.831. The molecule has 0 aliphatic heterocycles. The molecule has 0 rings (SSSR count). The summed E-state index contributed by atoms with van der Waals surface area (Å²) in [5, 5.41) is 3.02. The Balaban J connectivity index is 3.16. The molecule has 0 spiro atoms. The van der Waals surface area contributed by atoms with E-state index in [1.54, 1.807) is 6.92 Å². The van der Waals surface area contributed by atoms with Gasteiger partial charge in [0.1, 0.15) is 0 Å². The molecule has 13 heavy (non-hydrogen) atoms. The van der Waals surface area contributed by atoms with Gasteiger partial charge in [0.2, 0.25) is 0 Å². The fourth-order valence-corrected chi connectivity index (χ4v) is 0.831. The summed E-state index contributed by atoms with van der Waals surface area (Å²) >= 11 is 0. The molecule has 0 heterocycles. The Morgan fingerprint density at radius 3 is 2.69 bits per heavy atom. The fraction of sp³-hybridized carbons (Fsp3) is 0.700. The summed E-state index contributed by atoms with van der Waals surface area (Å²) in [5.74, 6) is 0.0913. The molecule has 0 aromatic carbocycles. The smallest absolute Gasteiger partial charge is 0.160 e. The van der Waals surface area contributed by atoms with Crippen molar-refractivity contribution >= 4 is 5.78 Å². The van der Waals surface area contributed by atoms with Crippen molar-refractivity contribution in [3.05, 3.63) is 12.2 Å². The number of nitrogens with one attached hydrogen (secondary N) is 1. The quantitative estimate of drug-likeness (QED) is 0.455. The van der Waals surface area contributed by atoms with Gasteiger partial charge >= 0.3 is 0 Å². The number of carbonyl (C=O) groups excluding carboxylic acids is 1. The predicted octanol–water partition coefficient (Wildman–Crippen LogP) is 1.15. The number of allylic oxidation sites excluding steroid dienone is 1. The molecule has 0 fully saturated rings. The SMILES string of the molecule is C=C(C)C(=O)CCOCCCNC. The maximum Gasteiger partial charge on any atom is 0.160 e. The molecular weight excluding hydrogens is 166 g/mol. The lowest BCUT2D eigenvalue weighted by molar-refractivity contribution is -0.116. The molecule has 0 bridgehead atoms. The highest BCUT2D eigenvalue weighted by Gasteiger charge is 2.00. The molecule has 0 aromatic rings. The summed E-state index contributed by atoms with van der Waals surface area (Å²) in [5.41, 5.74) is 0.610. The summed E-state index contributed by atoms with van der Waals surface area (Å²) < 4.78 is 5.25. The highest BCUT2D eigenvalue weighted by Crippen LogP contribution is 1.95. The minimum atomic E-state index is 0.0913. The molecule has 76 valence electrons. The van der Waals surface area contributed by atoms with Gasteiger partial charge in [-0.15, -0.1) is 0 Å². The lowest BCUT2D eigenvalue weighted by atomic mass is 10.2. The third-order valence-electron chi connectivity index (χ3n) is 1.66. The van der Waals surface area contributed by atoms with Crippen LogP contribution in [0.2, 0.25) is 0 Å². The molecule has 1 N–H and O–H groups in total. The first kappa shape index (κ1) is 12.3. The molecule has 0 radical (unpaired) electrons. The van der Waals surface area contributed by atoms with Crippen molar-refractivity contribution in [2.24, 2.45) is 0 Å². The van der Waals surface area contributed by atoms with Gasteiger partial charge in [0.05, 0.1) is 6.61 Å². The average Bonchev–Trinajstić information content (AvgIpc) is 2.10. The van der Waals surface area contributed by atoms with Crippen LogP contribution in [0.25, 0.3) is 0 Å². The molecule has 0 saturated carbocycles. The summed E-state index contributed by atoms with van der Waals surface area (Å²) in [7, 11) is 1.91. The topological polar surface area (TPSA) is 38.3 Å². The normalized spacial score (nSPS) is 10.0. The van der Waals surface area contributed by atoms with Crippen molar-refractivity contribution in [2.45, 2.75) is 19.8 Å². The van der Waals surface area contributed by atoms with E-state index in [-0.39, 0.29) is 5.78 Å². The maximum absolute atomic E-state index is 11.0. The van der Waals surface area contributed by atoms with E-state index in [2.05, 4.69) is 11.9 Å². The lowest BCUT2D eigenvalue weighted by Gasteiger charge is -2.03. The van der Waals surface area contributed by atoms with E-state index in [4.69, 9.17) is 4.74 Å². The van der Waals surface area contributed by atoms with Crippen LogP contribution in [0.15, 0.2) is 12.2 Å². The first-order valence-corrected chi connectivity index (χ1v) is 4.59. The van der Waals surface area contributed by atoms with E-state index < -0.39 is 0 Å². The largest absolute Gasteiger partial charge is 0.381 e. The van der Waals surface area contributed by atoms with Crippen molar-refractivity contribution in [3.8, 4) is 0 Å². The molecule has 3 heteroatoms. The van der Waals surface area contributed by atoms with Gasteiger partial charge in [0.25, 0.3) is 0 Å². The van der Waals surface area contributed by atoms with Gasteiger partial charge < -0.3 is 10.1 Å². The van der Waals surface area contributed by atoms with Crippen LogP contribution in [-0.2, 0) is 9.53 Å². The molecule has 0 saturated heterocycles. The molecule has 0 amide bonds. The number of ether oxygens (including phenoxy) is 1. The third kappa shape index (κ3) is 7.68. The number of ketones is 1. The summed E-state index contributed by atoms with van der Waals surface area (Å²) in [4.78, 5) is 11.0. The first-order chi connectivity index (χ1) is 6.18. The highest BCUT2D eigenvalue weighted by molar-refractivity contribution is 5.94. The standard InChI is InChI=1S/C10H19NO2/c1-9(2)10(12)5-8-13-7-4-6-11-3/h11H,1,4-8H2,2-3H3. The molecule has 0 atom stereocenters. The Morgan fingerprint density at radius 2 is 2.15 bits per heavy atom. The Kier molecular flexibility index (Phi) is 7.54. The van der Waals surface area contributed by atoms with Crippen LogP contribution < -0.4 is 5.32 Å². The Hall–Kier alpha value is -0.670. The monoisotopic (exact) mass is 185 g/mol. The number of Topliss-reactive ketones (excluding diaryl/α,β-unsaturated/α-hetero) is 1. The lowest BCUT2D eigenvalue weighted by Crippen LogP contribution is -2.11. The van der Waals surface area contributed by atoms with E-state index in [0.717, 1.165) is 13.0 Å². The summed E-state index contributed by atoms with van der Waals surface area (Å²) in [6, 6.07) is 0. The van der Waals surface area contributed by atoms with Crippen molar-refractivity contribution in [1.29, 1.82) is 0 Å². The van der Waals surface area contributed by atoms with Gasteiger partial charge in [-0.1, -0.05) is 6.58 Å². The van der Waals surface area contributed by atoms with E-state index in [1.807, 2.05) is 7.05 Å². The molecule has 0 aromatic heterocycles. The van der Waals surface area contributed by atoms with Crippen LogP contribution >= 0.6 is 0 Å². The summed E-state index contributed by atoms with van der Waals surface area (Å²) in [6.45, 7) is 7.47. The predicted molar refractivity (Wildman–Crippen MR) is 53.8 cm³/mol. The Bertz CT molecular complexity index is 166. The van der Waals surface area contributed by atoms with Gasteiger partial charge in [-0.05, 0) is 32.5 Å². The number of rotatable bonds is 8.